The molecule has 0 spiro atoms. The molecular weight excluding hydrogens is 523 g/mol. The molecule has 0 bridgehead atoms. The molecule has 0 saturated heterocycles. The van der Waals surface area contributed by atoms with E-state index in [1.807, 2.05) is 0 Å². The quantitative estimate of drug-likeness (QED) is 0.244. The van der Waals surface area contributed by atoms with E-state index >= 15 is 0 Å². The van der Waals surface area contributed by atoms with Crippen molar-refractivity contribution in [1.82, 2.24) is 30.1 Å². The first kappa shape index (κ1) is 26.0. The fraction of sp³-hybridized carbons (Fsp3) is 0.286. The third-order valence-corrected chi connectivity index (χ3v) is 5.50. The van der Waals surface area contributed by atoms with Gasteiger partial charge in [0.25, 0.3) is 5.91 Å². The van der Waals surface area contributed by atoms with E-state index in [-0.39, 0.29) is 27.8 Å². The van der Waals surface area contributed by atoms with Crippen LogP contribution in [0.15, 0.2) is 30.7 Å². The van der Waals surface area contributed by atoms with Crippen molar-refractivity contribution in [3.63, 3.8) is 0 Å². The maximum atomic E-state index is 13.1. The molecule has 1 aromatic carbocycles. The van der Waals surface area contributed by atoms with Crippen LogP contribution in [-0.2, 0) is 9.53 Å². The molecule has 196 valence electrons. The average Bonchev–Trinajstić information content (AvgIpc) is 3.45. The van der Waals surface area contributed by atoms with Gasteiger partial charge >= 0.3 is 12.1 Å². The van der Waals surface area contributed by atoms with Crippen LogP contribution in [0.2, 0.25) is 5.02 Å². The highest BCUT2D eigenvalue weighted by Gasteiger charge is 2.41. The van der Waals surface area contributed by atoms with Crippen molar-refractivity contribution in [1.29, 1.82) is 0 Å². The lowest BCUT2D eigenvalue weighted by atomic mass is 10.0. The fourth-order valence-corrected chi connectivity index (χ4v) is 3.75. The van der Waals surface area contributed by atoms with Gasteiger partial charge in [0.05, 0.1) is 17.3 Å². The lowest BCUT2D eigenvalue weighted by molar-refractivity contribution is -0.202. The number of aromatic nitrogens is 5. The van der Waals surface area contributed by atoms with Gasteiger partial charge in [0.15, 0.2) is 11.5 Å². The van der Waals surface area contributed by atoms with Crippen LogP contribution in [-0.4, -0.2) is 67.3 Å². The van der Waals surface area contributed by atoms with Crippen molar-refractivity contribution in [2.24, 2.45) is 0 Å². The van der Waals surface area contributed by atoms with E-state index in [0.717, 1.165) is 0 Å². The first-order valence-electron chi connectivity index (χ1n) is 10.6. The number of anilines is 1. The number of aromatic amines is 1. The van der Waals surface area contributed by atoms with Gasteiger partial charge < -0.3 is 25.6 Å². The molecule has 0 saturated carbocycles. The highest BCUT2D eigenvalue weighted by molar-refractivity contribution is 6.35. The van der Waals surface area contributed by atoms with Crippen molar-refractivity contribution < 1.29 is 37.3 Å². The summed E-state index contributed by atoms with van der Waals surface area (Å²) in [5, 5.41) is 24.2. The Bertz CT molecular complexity index is 1470. The van der Waals surface area contributed by atoms with Gasteiger partial charge in [-0.05, 0) is 19.1 Å². The Kier molecular flexibility index (Phi) is 7.09. The van der Waals surface area contributed by atoms with E-state index < -0.39 is 43.4 Å². The van der Waals surface area contributed by atoms with Crippen molar-refractivity contribution in [2.45, 2.75) is 25.2 Å². The summed E-state index contributed by atoms with van der Waals surface area (Å²) >= 11 is 6.36. The molecule has 5 N–H and O–H groups in total. The van der Waals surface area contributed by atoms with Gasteiger partial charge in [-0.1, -0.05) is 11.6 Å². The third kappa shape index (κ3) is 5.36. The predicted molar refractivity (Wildman–Crippen MR) is 123 cm³/mol. The molecule has 2 unspecified atom stereocenters. The van der Waals surface area contributed by atoms with Crippen molar-refractivity contribution in [3.8, 4) is 5.75 Å². The molecule has 37 heavy (non-hydrogen) atoms. The zero-order valence-corrected chi connectivity index (χ0v) is 19.7. The molecular formula is C21H19ClF3N7O5. The summed E-state index contributed by atoms with van der Waals surface area (Å²) in [6.45, 7) is 0.107. The number of hydrogen-bond donors (Lipinski definition) is 4. The number of hydrogen-bond acceptors (Lipinski definition) is 9. The zero-order valence-electron chi connectivity index (χ0n) is 18.9. The van der Waals surface area contributed by atoms with Gasteiger partial charge in [-0.3, -0.25) is 9.89 Å². The second kappa shape index (κ2) is 10.1. The second-order valence-corrected chi connectivity index (χ2v) is 8.25. The third-order valence-electron chi connectivity index (χ3n) is 5.19. The fourth-order valence-electron chi connectivity index (χ4n) is 3.49. The first-order chi connectivity index (χ1) is 17.5. The predicted octanol–water partition coefficient (Wildman–Crippen LogP) is 2.18. The molecule has 3 aromatic heterocycles. The van der Waals surface area contributed by atoms with E-state index in [1.54, 1.807) is 19.2 Å². The molecule has 0 radical (unpaired) electrons. The number of amides is 1. The van der Waals surface area contributed by atoms with Crippen LogP contribution in [0.5, 0.6) is 5.75 Å². The van der Waals surface area contributed by atoms with Crippen LogP contribution < -0.4 is 15.8 Å². The molecule has 12 nitrogen and oxygen atoms in total. The zero-order chi connectivity index (χ0) is 26.9. The summed E-state index contributed by atoms with van der Waals surface area (Å²) in [5.74, 6) is -2.97. The molecule has 0 aliphatic carbocycles. The SMILES string of the molecule is CC(NC(=O)c1c(N)nn2cccnc12)c1cc(Cl)c2cn[nH]c2c1OCC(O)COC(=O)C(F)(F)F. The number of fused-ring (bicyclic) bond motifs is 2. The molecule has 1 amide bonds. The maximum absolute atomic E-state index is 13.1. The van der Waals surface area contributed by atoms with Crippen LogP contribution in [0.3, 0.4) is 0 Å². The molecule has 4 aromatic rings. The summed E-state index contributed by atoms with van der Waals surface area (Å²) < 4.78 is 48.0. The molecule has 4 rings (SSSR count). The maximum Gasteiger partial charge on any atom is 0.490 e. The van der Waals surface area contributed by atoms with E-state index in [1.165, 1.54) is 23.0 Å². The van der Waals surface area contributed by atoms with E-state index in [4.69, 9.17) is 22.1 Å². The number of nitrogens with zero attached hydrogens (tertiary/aromatic N) is 4. The Labute approximate surface area is 210 Å². The number of carbonyl (C=O) groups excluding carboxylic acids is 2. The molecule has 3 heterocycles. The number of aliphatic hydroxyl groups is 1. The smallest absolute Gasteiger partial charge is 0.488 e. The number of nitrogen functional groups attached to an aromatic ring is 1. The lowest BCUT2D eigenvalue weighted by Gasteiger charge is -2.21. The highest BCUT2D eigenvalue weighted by atomic mass is 35.5. The van der Waals surface area contributed by atoms with Gasteiger partial charge in [0.2, 0.25) is 0 Å². The standard InChI is InChI=1S/C21H19ClF3N7O5/c1-9(29-19(34)14-17(26)31-32-4-2-3-27-18(14)32)11-5-13(22)12-6-28-30-15(12)16(11)36-7-10(33)8-37-20(35)21(23,24)25/h2-6,9-10,33H,7-8H2,1H3,(H2,26,31)(H,28,30)(H,29,34). The van der Waals surface area contributed by atoms with Crippen LogP contribution in [0.4, 0.5) is 19.0 Å². The summed E-state index contributed by atoms with van der Waals surface area (Å²) in [5.41, 5.74) is 6.85. The average molecular weight is 542 g/mol. The topological polar surface area (TPSA) is 170 Å². The summed E-state index contributed by atoms with van der Waals surface area (Å²) in [6, 6.07) is 2.37. The molecule has 0 fully saturated rings. The van der Waals surface area contributed by atoms with Crippen molar-refractivity contribution >= 4 is 45.8 Å². The van der Waals surface area contributed by atoms with Crippen molar-refractivity contribution in [3.05, 3.63) is 46.9 Å². The minimum absolute atomic E-state index is 0.0431. The molecule has 0 aliphatic rings. The van der Waals surface area contributed by atoms with Gasteiger partial charge in [-0.25, -0.2) is 14.3 Å². The Morgan fingerprint density at radius 1 is 1.35 bits per heavy atom. The Balaban J connectivity index is 1.56. The number of H-pyrrole nitrogens is 1. The van der Waals surface area contributed by atoms with Gasteiger partial charge in [-0.2, -0.15) is 18.3 Å². The molecule has 16 heteroatoms. The Morgan fingerprint density at radius 3 is 2.84 bits per heavy atom. The second-order valence-electron chi connectivity index (χ2n) is 7.84. The number of rotatable bonds is 8. The number of esters is 1. The van der Waals surface area contributed by atoms with E-state index in [2.05, 4.69) is 30.3 Å². The Morgan fingerprint density at radius 2 is 2.11 bits per heavy atom. The van der Waals surface area contributed by atoms with Crippen LogP contribution in [0.25, 0.3) is 16.6 Å². The minimum Gasteiger partial charge on any atom is -0.488 e. The normalized spacial score (nSPS) is 13.5. The summed E-state index contributed by atoms with van der Waals surface area (Å²) in [4.78, 5) is 28.1. The minimum atomic E-state index is -5.19. The first-order valence-corrected chi connectivity index (χ1v) is 10.9. The van der Waals surface area contributed by atoms with Crippen LogP contribution in [0.1, 0.15) is 28.9 Å². The van der Waals surface area contributed by atoms with Gasteiger partial charge in [-0.15, -0.1) is 5.10 Å². The van der Waals surface area contributed by atoms with E-state index in [0.29, 0.717) is 16.5 Å². The monoisotopic (exact) mass is 541 g/mol. The number of aliphatic hydroxyl groups excluding tert-OH is 1. The number of nitrogens with one attached hydrogen (secondary N) is 2. The summed E-state index contributed by atoms with van der Waals surface area (Å²) in [6.07, 6.45) is -2.31. The number of benzene rings is 1. The molecule has 2 atom stereocenters. The van der Waals surface area contributed by atoms with Gasteiger partial charge in [0, 0.05) is 23.3 Å². The number of ether oxygens (including phenoxy) is 2. The van der Waals surface area contributed by atoms with Crippen LogP contribution in [0, 0.1) is 0 Å². The number of nitrogens with two attached hydrogens (primary N) is 1. The van der Waals surface area contributed by atoms with Crippen LogP contribution >= 0.6 is 11.6 Å². The number of alkyl halides is 3. The van der Waals surface area contributed by atoms with Gasteiger partial charge in [0.1, 0.15) is 36.1 Å². The van der Waals surface area contributed by atoms with Crippen molar-refractivity contribution in [2.75, 3.05) is 18.9 Å². The summed E-state index contributed by atoms with van der Waals surface area (Å²) in [7, 11) is 0. The number of carbonyl (C=O) groups is 2. The number of halogens is 4. The molecule has 0 aliphatic heterocycles. The Hall–Kier alpha value is -4.11. The lowest BCUT2D eigenvalue weighted by Crippen LogP contribution is -2.31. The largest absolute Gasteiger partial charge is 0.490 e. The van der Waals surface area contributed by atoms with E-state index in [9.17, 15) is 27.9 Å². The highest BCUT2D eigenvalue weighted by Crippen LogP contribution is 2.37.